The van der Waals surface area contributed by atoms with Crippen molar-refractivity contribution >= 4 is 35.0 Å². The number of benzene rings is 3. The first-order chi connectivity index (χ1) is 17.2. The highest BCUT2D eigenvalue weighted by Gasteiger charge is 2.30. The molecule has 4 rings (SSSR count). The molecule has 4 aromatic rings. The number of anilines is 1. The zero-order chi connectivity index (χ0) is 25.7. The third-order valence-electron chi connectivity index (χ3n) is 4.93. The molecule has 0 saturated heterocycles. The van der Waals surface area contributed by atoms with E-state index in [0.717, 1.165) is 35.1 Å². The number of carbonyl (C=O) groups is 1. The van der Waals surface area contributed by atoms with Gasteiger partial charge in [-0.15, -0.1) is 10.2 Å². The molecule has 0 aliphatic heterocycles. The normalized spacial score (nSPS) is 11.4. The monoisotopic (exact) mass is 532 g/mol. The van der Waals surface area contributed by atoms with E-state index in [0.29, 0.717) is 28.4 Å². The first-order valence-electron chi connectivity index (χ1n) is 10.8. The van der Waals surface area contributed by atoms with Crippen molar-refractivity contribution in [2.24, 2.45) is 0 Å². The van der Waals surface area contributed by atoms with Gasteiger partial charge in [-0.05, 0) is 61.5 Å². The highest BCUT2D eigenvalue weighted by atomic mass is 35.5. The summed E-state index contributed by atoms with van der Waals surface area (Å²) in [5.41, 5.74) is 0.681. The molecular weight excluding hydrogens is 513 g/mol. The van der Waals surface area contributed by atoms with Gasteiger partial charge in [0.2, 0.25) is 5.91 Å². The Labute approximate surface area is 214 Å². The van der Waals surface area contributed by atoms with Crippen molar-refractivity contribution in [3.05, 3.63) is 83.4 Å². The van der Waals surface area contributed by atoms with Crippen molar-refractivity contribution in [1.29, 1.82) is 0 Å². The first kappa shape index (κ1) is 25.6. The van der Waals surface area contributed by atoms with Gasteiger partial charge < -0.3 is 10.1 Å². The van der Waals surface area contributed by atoms with Gasteiger partial charge in [0, 0.05) is 22.0 Å². The molecule has 11 heteroatoms. The van der Waals surface area contributed by atoms with Gasteiger partial charge in [-0.1, -0.05) is 41.6 Å². The van der Waals surface area contributed by atoms with Crippen LogP contribution in [0.1, 0.15) is 12.5 Å². The van der Waals surface area contributed by atoms with E-state index in [4.69, 9.17) is 16.3 Å². The smallest absolute Gasteiger partial charge is 0.416 e. The number of halogens is 4. The summed E-state index contributed by atoms with van der Waals surface area (Å²) in [4.78, 5) is 12.5. The maximum atomic E-state index is 13.0. The molecule has 0 saturated carbocycles. The Morgan fingerprint density at radius 3 is 2.50 bits per heavy atom. The summed E-state index contributed by atoms with van der Waals surface area (Å²) in [5, 5.41) is 12.0. The lowest BCUT2D eigenvalue weighted by Crippen LogP contribution is -2.15. The molecule has 0 aliphatic carbocycles. The fourth-order valence-electron chi connectivity index (χ4n) is 3.37. The quantitative estimate of drug-likeness (QED) is 0.255. The second kappa shape index (κ2) is 11.0. The van der Waals surface area contributed by atoms with Crippen LogP contribution in [0, 0.1) is 0 Å². The van der Waals surface area contributed by atoms with E-state index in [1.165, 1.54) is 12.1 Å². The molecule has 1 aromatic heterocycles. The van der Waals surface area contributed by atoms with Gasteiger partial charge in [-0.3, -0.25) is 9.36 Å². The fourth-order valence-corrected chi connectivity index (χ4v) is 4.31. The molecule has 0 unspecified atom stereocenters. The summed E-state index contributed by atoms with van der Waals surface area (Å²) < 4.78 is 46.2. The Kier molecular flexibility index (Phi) is 7.85. The van der Waals surface area contributed by atoms with Gasteiger partial charge in [0.15, 0.2) is 11.0 Å². The van der Waals surface area contributed by atoms with Crippen LogP contribution in [0.15, 0.2) is 78.0 Å². The Balaban J connectivity index is 1.58. The van der Waals surface area contributed by atoms with Crippen LogP contribution in [0.2, 0.25) is 5.02 Å². The lowest BCUT2D eigenvalue weighted by Gasteiger charge is -2.12. The topological polar surface area (TPSA) is 69.0 Å². The van der Waals surface area contributed by atoms with Gasteiger partial charge in [0.1, 0.15) is 5.75 Å². The average molecular weight is 533 g/mol. The predicted molar refractivity (Wildman–Crippen MR) is 134 cm³/mol. The van der Waals surface area contributed by atoms with Crippen molar-refractivity contribution < 1.29 is 22.7 Å². The highest BCUT2D eigenvalue weighted by Crippen LogP contribution is 2.32. The number of thioether (sulfide) groups is 1. The van der Waals surface area contributed by atoms with E-state index in [1.807, 2.05) is 37.3 Å². The number of ether oxygens (including phenoxy) is 1. The van der Waals surface area contributed by atoms with Crippen LogP contribution in [0.25, 0.3) is 17.1 Å². The van der Waals surface area contributed by atoms with Crippen LogP contribution in [0.3, 0.4) is 0 Å². The Morgan fingerprint density at radius 2 is 1.81 bits per heavy atom. The average Bonchev–Trinajstić information content (AvgIpc) is 3.27. The van der Waals surface area contributed by atoms with Gasteiger partial charge in [0.25, 0.3) is 0 Å². The van der Waals surface area contributed by atoms with E-state index >= 15 is 0 Å². The molecular formula is C25H20ClF3N4O2S. The first-order valence-corrected chi connectivity index (χ1v) is 12.2. The number of hydrogen-bond donors (Lipinski definition) is 1. The second-order valence-corrected chi connectivity index (χ2v) is 8.87. The van der Waals surface area contributed by atoms with E-state index < -0.39 is 17.6 Å². The molecule has 0 atom stereocenters. The summed E-state index contributed by atoms with van der Waals surface area (Å²) in [5.74, 6) is 0.640. The van der Waals surface area contributed by atoms with E-state index in [2.05, 4.69) is 15.5 Å². The van der Waals surface area contributed by atoms with E-state index in [-0.39, 0.29) is 11.4 Å². The van der Waals surface area contributed by atoms with Crippen molar-refractivity contribution in [3.8, 4) is 22.8 Å². The molecule has 3 aromatic carbocycles. The fraction of sp³-hybridized carbons (Fsp3) is 0.160. The van der Waals surface area contributed by atoms with Crippen LogP contribution in [0.4, 0.5) is 18.9 Å². The van der Waals surface area contributed by atoms with Crippen molar-refractivity contribution in [2.45, 2.75) is 18.3 Å². The van der Waals surface area contributed by atoms with Crippen molar-refractivity contribution in [1.82, 2.24) is 14.8 Å². The molecule has 36 heavy (non-hydrogen) atoms. The molecule has 0 spiro atoms. The zero-order valence-electron chi connectivity index (χ0n) is 18.9. The number of carbonyl (C=O) groups excluding carboxylic acids is 1. The summed E-state index contributed by atoms with van der Waals surface area (Å²) in [6, 6.07) is 18.9. The zero-order valence-corrected chi connectivity index (χ0v) is 20.5. The maximum Gasteiger partial charge on any atom is 0.416 e. The van der Waals surface area contributed by atoms with Crippen molar-refractivity contribution in [3.63, 3.8) is 0 Å². The van der Waals surface area contributed by atoms with Crippen LogP contribution >= 0.6 is 23.4 Å². The number of nitrogens with one attached hydrogen (secondary N) is 1. The van der Waals surface area contributed by atoms with Gasteiger partial charge in [-0.25, -0.2) is 0 Å². The van der Waals surface area contributed by atoms with Gasteiger partial charge >= 0.3 is 6.18 Å². The molecule has 1 N–H and O–H groups in total. The lowest BCUT2D eigenvalue weighted by atomic mass is 10.2. The minimum atomic E-state index is -4.50. The molecule has 1 amide bonds. The number of rotatable bonds is 8. The van der Waals surface area contributed by atoms with Crippen molar-refractivity contribution in [2.75, 3.05) is 17.7 Å². The molecule has 186 valence electrons. The largest absolute Gasteiger partial charge is 0.494 e. The molecule has 0 bridgehead atoms. The van der Waals surface area contributed by atoms with E-state index in [1.54, 1.807) is 22.8 Å². The lowest BCUT2D eigenvalue weighted by molar-refractivity contribution is -0.137. The van der Waals surface area contributed by atoms with Gasteiger partial charge in [0.05, 0.1) is 17.9 Å². The molecule has 0 radical (unpaired) electrons. The predicted octanol–water partition coefficient (Wildman–Crippen LogP) is 6.74. The SMILES string of the molecule is CCOc1ccc(-n2c(SCC(=O)Nc3cccc(C(F)(F)F)c3)nnc2-c2cccc(Cl)c2)cc1. The summed E-state index contributed by atoms with van der Waals surface area (Å²) in [6.45, 7) is 2.42. The van der Waals surface area contributed by atoms with Gasteiger partial charge in [-0.2, -0.15) is 13.2 Å². The molecule has 0 fully saturated rings. The third kappa shape index (κ3) is 6.19. The molecule has 1 heterocycles. The number of nitrogens with zero attached hydrogens (tertiary/aromatic N) is 3. The number of aromatic nitrogens is 3. The minimum Gasteiger partial charge on any atom is -0.494 e. The highest BCUT2D eigenvalue weighted by molar-refractivity contribution is 7.99. The summed E-state index contributed by atoms with van der Waals surface area (Å²) in [7, 11) is 0. The van der Waals surface area contributed by atoms with Crippen LogP contribution in [-0.2, 0) is 11.0 Å². The number of hydrogen-bond acceptors (Lipinski definition) is 5. The van der Waals surface area contributed by atoms with Crippen LogP contribution < -0.4 is 10.1 Å². The summed E-state index contributed by atoms with van der Waals surface area (Å²) in [6.07, 6.45) is -4.50. The number of amides is 1. The molecule has 0 aliphatic rings. The Bertz CT molecular complexity index is 1360. The standard InChI is InChI=1S/C25H20ClF3N4O2S/c1-2-35-21-11-9-20(10-12-21)33-23(16-5-3-7-18(26)13-16)31-32-24(33)36-15-22(34)30-19-8-4-6-17(14-19)25(27,28)29/h3-14H,2,15H2,1H3,(H,30,34). The second-order valence-electron chi connectivity index (χ2n) is 7.49. The van der Waals surface area contributed by atoms with Crippen LogP contribution in [-0.4, -0.2) is 33.0 Å². The Morgan fingerprint density at radius 1 is 1.06 bits per heavy atom. The molecule has 6 nitrogen and oxygen atoms in total. The Hall–Kier alpha value is -3.50. The number of alkyl halides is 3. The third-order valence-corrected chi connectivity index (χ3v) is 6.09. The summed E-state index contributed by atoms with van der Waals surface area (Å²) >= 11 is 7.28. The minimum absolute atomic E-state index is 0.0584. The van der Waals surface area contributed by atoms with Crippen LogP contribution in [0.5, 0.6) is 5.75 Å². The maximum absolute atomic E-state index is 13.0. The van der Waals surface area contributed by atoms with E-state index in [9.17, 15) is 18.0 Å².